The molecule has 0 fully saturated rings. The van der Waals surface area contributed by atoms with E-state index in [4.69, 9.17) is 9.47 Å². The van der Waals surface area contributed by atoms with Crippen molar-refractivity contribution in [3.63, 3.8) is 0 Å². The number of aliphatic hydroxyl groups excluding tert-OH is 3. The summed E-state index contributed by atoms with van der Waals surface area (Å²) < 4.78 is 11.0. The first-order valence-corrected chi connectivity index (χ1v) is 10.7. The van der Waals surface area contributed by atoms with Gasteiger partial charge in [0, 0.05) is 19.8 Å². The monoisotopic (exact) mass is 450 g/mol. The Balaban J connectivity index is 2.82. The van der Waals surface area contributed by atoms with Crippen LogP contribution in [0.15, 0.2) is 34.4 Å². The third-order valence-corrected chi connectivity index (χ3v) is 6.53. The lowest BCUT2D eigenvalue weighted by molar-refractivity contribution is -0.152. The summed E-state index contributed by atoms with van der Waals surface area (Å²) in [6.07, 6.45) is -0.927. The number of aliphatic hydroxyl groups is 3. The average molecular weight is 451 g/mol. The zero-order chi connectivity index (χ0) is 24.4. The molecular weight excluding hydrogens is 416 g/mol. The molecule has 0 radical (unpaired) electrons. The molecule has 0 amide bonds. The molecule has 5 unspecified atom stereocenters. The lowest BCUT2D eigenvalue weighted by Gasteiger charge is -2.47. The molecule has 0 aromatic heterocycles. The van der Waals surface area contributed by atoms with Gasteiger partial charge in [-0.3, -0.25) is 14.4 Å². The second-order valence-electron chi connectivity index (χ2n) is 9.14. The quantitative estimate of drug-likeness (QED) is 0.438. The molecule has 0 aliphatic heterocycles. The largest absolute Gasteiger partial charge is 0.458 e. The Morgan fingerprint density at radius 1 is 1.09 bits per heavy atom. The van der Waals surface area contributed by atoms with Crippen LogP contribution in [-0.4, -0.2) is 64.1 Å². The van der Waals surface area contributed by atoms with E-state index in [1.165, 1.54) is 26.0 Å². The Bertz CT molecular complexity index is 863. The van der Waals surface area contributed by atoms with Crippen molar-refractivity contribution in [2.75, 3.05) is 6.61 Å². The van der Waals surface area contributed by atoms with E-state index in [2.05, 4.69) is 0 Å². The van der Waals surface area contributed by atoms with Crippen molar-refractivity contribution in [2.45, 2.75) is 78.8 Å². The molecule has 5 atom stereocenters. The molecule has 0 aromatic carbocycles. The van der Waals surface area contributed by atoms with Crippen molar-refractivity contribution in [3.05, 3.63) is 34.4 Å². The molecule has 0 spiro atoms. The highest BCUT2D eigenvalue weighted by atomic mass is 16.5. The van der Waals surface area contributed by atoms with Gasteiger partial charge in [0.15, 0.2) is 6.10 Å². The maximum atomic E-state index is 13.4. The first-order valence-electron chi connectivity index (χ1n) is 10.7. The number of ketones is 1. The summed E-state index contributed by atoms with van der Waals surface area (Å²) in [6.45, 7) is 8.96. The van der Waals surface area contributed by atoms with Crippen molar-refractivity contribution in [1.29, 1.82) is 0 Å². The minimum Gasteiger partial charge on any atom is -0.458 e. The lowest BCUT2D eigenvalue weighted by atomic mass is 9.60. The Kier molecular flexibility index (Phi) is 8.20. The smallest absolute Gasteiger partial charge is 0.303 e. The molecule has 32 heavy (non-hydrogen) atoms. The van der Waals surface area contributed by atoms with Crippen LogP contribution in [0.1, 0.15) is 54.4 Å². The molecule has 178 valence electrons. The van der Waals surface area contributed by atoms with E-state index in [1.54, 1.807) is 13.8 Å². The van der Waals surface area contributed by atoms with Gasteiger partial charge in [-0.15, -0.1) is 0 Å². The van der Waals surface area contributed by atoms with Crippen molar-refractivity contribution < 1.29 is 39.2 Å². The van der Waals surface area contributed by atoms with E-state index in [1.807, 2.05) is 13.8 Å². The normalized spacial score (nSPS) is 31.0. The van der Waals surface area contributed by atoms with Crippen LogP contribution < -0.4 is 0 Å². The highest BCUT2D eigenvalue weighted by Gasteiger charge is 2.50. The fourth-order valence-corrected chi connectivity index (χ4v) is 4.75. The first kappa shape index (κ1) is 26.0. The fourth-order valence-electron chi connectivity index (χ4n) is 4.75. The zero-order valence-corrected chi connectivity index (χ0v) is 19.5. The van der Waals surface area contributed by atoms with Gasteiger partial charge in [0.05, 0.1) is 18.8 Å². The van der Waals surface area contributed by atoms with Crippen LogP contribution in [0.25, 0.3) is 0 Å². The van der Waals surface area contributed by atoms with Gasteiger partial charge in [-0.2, -0.15) is 0 Å². The molecule has 0 aromatic rings. The molecule has 8 heteroatoms. The molecule has 3 N–H and O–H groups in total. The number of esters is 2. The van der Waals surface area contributed by atoms with Gasteiger partial charge in [-0.1, -0.05) is 19.9 Å². The molecular formula is C24H34O8. The zero-order valence-electron chi connectivity index (χ0n) is 19.5. The number of rotatable bonds is 3. The van der Waals surface area contributed by atoms with E-state index < -0.39 is 60.1 Å². The van der Waals surface area contributed by atoms with Crippen LogP contribution in [0.5, 0.6) is 0 Å². The summed E-state index contributed by atoms with van der Waals surface area (Å²) in [5.74, 6) is -2.19. The van der Waals surface area contributed by atoms with Crippen molar-refractivity contribution in [2.24, 2.45) is 11.3 Å². The van der Waals surface area contributed by atoms with Crippen LogP contribution in [0.4, 0.5) is 0 Å². The van der Waals surface area contributed by atoms with Crippen LogP contribution in [0.3, 0.4) is 0 Å². The summed E-state index contributed by atoms with van der Waals surface area (Å²) in [5, 5.41) is 31.3. The summed E-state index contributed by atoms with van der Waals surface area (Å²) in [4.78, 5) is 37.2. The highest BCUT2D eigenvalue weighted by molar-refractivity contribution is 6.01. The summed E-state index contributed by atoms with van der Waals surface area (Å²) in [5.41, 5.74) is 0.691. The molecule has 2 aliphatic carbocycles. The second kappa shape index (κ2) is 10.1. The molecule has 0 saturated carbocycles. The van der Waals surface area contributed by atoms with Crippen molar-refractivity contribution in [3.8, 4) is 0 Å². The van der Waals surface area contributed by atoms with E-state index in [0.29, 0.717) is 11.1 Å². The summed E-state index contributed by atoms with van der Waals surface area (Å²) in [7, 11) is 0. The number of Topliss-reactive ketones (excluding diaryl/α,β-unsaturated/α-hetero) is 1. The summed E-state index contributed by atoms with van der Waals surface area (Å²) in [6, 6.07) is 0. The fraction of sp³-hybridized carbons (Fsp3) is 0.625. The second-order valence-corrected chi connectivity index (χ2v) is 9.14. The van der Waals surface area contributed by atoms with E-state index in [0.717, 1.165) is 0 Å². The number of carbonyl (C=O) groups excluding carboxylic acids is 3. The van der Waals surface area contributed by atoms with Crippen LogP contribution >= 0.6 is 0 Å². The standard InChI is InChI=1S/C24H34O8/c1-12-7-8-18(28)16(11-25)9-20(31-14(3)26)17-10-19(29)13(2)21(24(17,5)6)23(22(12)30)32-15(4)27/h7,9,17-20,23,25,28-29H,8,10-11H2,1-6H3. The van der Waals surface area contributed by atoms with Crippen LogP contribution in [-0.2, 0) is 23.9 Å². The first-order chi connectivity index (χ1) is 14.8. The lowest BCUT2D eigenvalue weighted by Crippen LogP contribution is -2.49. The molecule has 2 aliphatic rings. The van der Waals surface area contributed by atoms with E-state index in [9.17, 15) is 29.7 Å². The Morgan fingerprint density at radius 2 is 1.69 bits per heavy atom. The highest BCUT2D eigenvalue weighted by Crippen LogP contribution is 2.49. The average Bonchev–Trinajstić information content (AvgIpc) is 2.69. The predicted octanol–water partition coefficient (Wildman–Crippen LogP) is 1.77. The molecule has 0 heterocycles. The number of carbonyl (C=O) groups is 3. The summed E-state index contributed by atoms with van der Waals surface area (Å²) >= 11 is 0. The minimum atomic E-state index is -1.26. The van der Waals surface area contributed by atoms with Gasteiger partial charge in [0.1, 0.15) is 6.10 Å². The van der Waals surface area contributed by atoms with E-state index >= 15 is 0 Å². The molecule has 2 rings (SSSR count). The number of hydrogen-bond donors (Lipinski definition) is 3. The number of ether oxygens (including phenoxy) is 2. The third kappa shape index (κ3) is 5.36. The Morgan fingerprint density at radius 3 is 2.22 bits per heavy atom. The predicted molar refractivity (Wildman–Crippen MR) is 116 cm³/mol. The topological polar surface area (TPSA) is 130 Å². The SMILES string of the molecule is CC(=O)OC1C(=O)C(C)=CCC(O)C(CO)=CC(OC(C)=O)C2CC(O)C(C)=C1C2(C)C. The van der Waals surface area contributed by atoms with Gasteiger partial charge in [-0.05, 0) is 60.5 Å². The molecule has 2 bridgehead atoms. The van der Waals surface area contributed by atoms with Gasteiger partial charge in [0.2, 0.25) is 5.78 Å². The maximum absolute atomic E-state index is 13.4. The number of fused-ring (bicyclic) bond motifs is 2. The maximum Gasteiger partial charge on any atom is 0.303 e. The van der Waals surface area contributed by atoms with Gasteiger partial charge < -0.3 is 24.8 Å². The number of hydrogen-bond acceptors (Lipinski definition) is 8. The molecule has 8 nitrogen and oxygen atoms in total. The molecule has 0 saturated heterocycles. The van der Waals surface area contributed by atoms with Crippen molar-refractivity contribution >= 4 is 17.7 Å². The minimum absolute atomic E-state index is 0.0399. The van der Waals surface area contributed by atoms with Crippen LogP contribution in [0.2, 0.25) is 0 Å². The van der Waals surface area contributed by atoms with Gasteiger partial charge >= 0.3 is 11.9 Å². The Hall–Kier alpha value is -2.29. The third-order valence-electron chi connectivity index (χ3n) is 6.53. The van der Waals surface area contributed by atoms with Gasteiger partial charge in [-0.25, -0.2) is 0 Å². The van der Waals surface area contributed by atoms with Gasteiger partial charge in [0.25, 0.3) is 0 Å². The van der Waals surface area contributed by atoms with Crippen LogP contribution in [0, 0.1) is 11.3 Å². The van der Waals surface area contributed by atoms with Crippen molar-refractivity contribution in [1.82, 2.24) is 0 Å². The Labute approximate surface area is 188 Å². The van der Waals surface area contributed by atoms with E-state index in [-0.39, 0.29) is 24.0 Å².